The van der Waals surface area contributed by atoms with E-state index in [0.717, 1.165) is 22.7 Å². The molecule has 4 rings (SSSR count). The number of carbonyl (C=O) groups excluding carboxylic acids is 3. The molecule has 0 aromatic heterocycles. The number of nitrogens with zero attached hydrogens (tertiary/aromatic N) is 2. The predicted octanol–water partition coefficient (Wildman–Crippen LogP) is 9.05. The van der Waals surface area contributed by atoms with Gasteiger partial charge in [-0.3, -0.25) is 4.79 Å². The summed E-state index contributed by atoms with van der Waals surface area (Å²) in [6.07, 6.45) is 0. The first kappa shape index (κ1) is 42.5. The number of hydrogen-bond donors (Lipinski definition) is 2. The zero-order valence-corrected chi connectivity index (χ0v) is 31.0. The van der Waals surface area contributed by atoms with Crippen LogP contribution in [0.3, 0.4) is 0 Å². The number of aliphatic hydroxyl groups is 1. The van der Waals surface area contributed by atoms with Crippen LogP contribution in [-0.2, 0) is 19.1 Å². The van der Waals surface area contributed by atoms with E-state index in [9.17, 15) is 24.6 Å². The highest BCUT2D eigenvalue weighted by molar-refractivity contribution is 6.67. The van der Waals surface area contributed by atoms with Crippen LogP contribution in [0, 0.1) is 0 Å². The minimum absolute atomic E-state index is 0.0306. The number of aromatic hydroxyl groups is 1. The molecule has 0 amide bonds. The van der Waals surface area contributed by atoms with Gasteiger partial charge in [0, 0.05) is 39.5 Å². The van der Waals surface area contributed by atoms with Gasteiger partial charge in [0.05, 0.1) is 18.7 Å². The number of allylic oxidation sites excluding steroid dienone is 1. The molecule has 0 fully saturated rings. The molecule has 2 N–H and O–H groups in total. The van der Waals surface area contributed by atoms with E-state index in [2.05, 4.69) is 24.6 Å². The molecule has 2 atom stereocenters. The number of aliphatic hydroxyl groups excluding tert-OH is 1. The Balaban J connectivity index is 0.000000331. The zero-order chi connectivity index (χ0) is 38.8. The third-order valence-corrected chi connectivity index (χ3v) is 7.48. The van der Waals surface area contributed by atoms with Gasteiger partial charge in [0.1, 0.15) is 18.1 Å². The van der Waals surface area contributed by atoms with Crippen LogP contribution in [0.5, 0.6) is 11.5 Å². The lowest BCUT2D eigenvalue weighted by atomic mass is 10.1. The van der Waals surface area contributed by atoms with Crippen molar-refractivity contribution in [3.8, 4) is 11.5 Å². The number of rotatable bonds is 13. The second-order valence-electron chi connectivity index (χ2n) is 11.9. The third kappa shape index (κ3) is 13.9. The lowest BCUT2D eigenvalue weighted by Crippen LogP contribution is -2.33. The number of halogens is 1. The van der Waals surface area contributed by atoms with Gasteiger partial charge in [-0.15, -0.1) is 0 Å². The van der Waals surface area contributed by atoms with E-state index < -0.39 is 17.2 Å². The van der Waals surface area contributed by atoms with Gasteiger partial charge in [-0.2, -0.15) is 0 Å². The number of phenols is 1. The summed E-state index contributed by atoms with van der Waals surface area (Å²) in [5.41, 5.74) is 4.88. The average Bonchev–Trinajstić information content (AvgIpc) is 3.13. The number of ether oxygens (including phenoxy) is 2. The summed E-state index contributed by atoms with van der Waals surface area (Å²) in [5, 5.41) is 18.3. The fourth-order valence-corrected chi connectivity index (χ4v) is 4.45. The molecule has 0 aliphatic heterocycles. The summed E-state index contributed by atoms with van der Waals surface area (Å²) in [7, 11) is 0. The Morgan fingerprint density at radius 1 is 0.635 bits per heavy atom. The molecule has 0 heterocycles. The second-order valence-corrected chi connectivity index (χ2v) is 12.2. The van der Waals surface area contributed by atoms with Crippen LogP contribution < -0.4 is 14.5 Å². The molecule has 0 aliphatic carbocycles. The number of anilines is 4. The van der Waals surface area contributed by atoms with E-state index in [1.807, 2.05) is 104 Å². The number of phenolic OH excluding ortho intramolecular Hbond substituents is 1. The molecule has 0 radical (unpaired) electrons. The van der Waals surface area contributed by atoms with E-state index in [-0.39, 0.29) is 31.0 Å². The Labute approximate surface area is 311 Å². The Morgan fingerprint density at radius 3 is 1.40 bits per heavy atom. The van der Waals surface area contributed by atoms with Crippen LogP contribution in [-0.4, -0.2) is 52.7 Å². The molecule has 274 valence electrons. The average molecular weight is 727 g/mol. The Bertz CT molecular complexity index is 1770. The molecule has 10 heteroatoms. The second kappa shape index (κ2) is 21.5. The normalized spacial score (nSPS) is 11.1. The van der Waals surface area contributed by atoms with Crippen LogP contribution in [0.15, 0.2) is 146 Å². The fraction of sp³-hybridized carbons (Fsp3) is 0.214. The van der Waals surface area contributed by atoms with Crippen molar-refractivity contribution in [3.05, 3.63) is 146 Å². The van der Waals surface area contributed by atoms with Crippen molar-refractivity contribution in [2.24, 2.45) is 0 Å². The number of esters is 2. The molecule has 0 bridgehead atoms. The highest BCUT2D eigenvalue weighted by atomic mass is 35.5. The third-order valence-electron chi connectivity index (χ3n) is 7.16. The van der Waals surface area contributed by atoms with Crippen molar-refractivity contribution >= 4 is 51.5 Å². The molecule has 4 aromatic carbocycles. The molecule has 2 unspecified atom stereocenters. The number of para-hydroxylation sites is 2. The van der Waals surface area contributed by atoms with Crippen molar-refractivity contribution in [1.29, 1.82) is 0 Å². The van der Waals surface area contributed by atoms with Gasteiger partial charge in [-0.25, -0.2) is 9.59 Å². The summed E-state index contributed by atoms with van der Waals surface area (Å²) in [4.78, 5) is 37.3. The first-order chi connectivity index (χ1) is 24.7. The largest absolute Gasteiger partial charge is 0.508 e. The summed E-state index contributed by atoms with van der Waals surface area (Å²) in [5.74, 6) is -0.204. The SMILES string of the molecule is C=C(C)C(=O)Cl.C=C(C)C(=O)OCC(C)N(c1ccccc1)c1ccc(OC(=O)C(=C)C)cc1.CC(CO)N(c1ccccc1)c1ccc(O)cc1. The summed E-state index contributed by atoms with van der Waals surface area (Å²) >= 11 is 4.87. The summed E-state index contributed by atoms with van der Waals surface area (Å²) < 4.78 is 10.6. The van der Waals surface area contributed by atoms with Crippen molar-refractivity contribution < 1.29 is 34.1 Å². The molecule has 4 aromatic rings. The first-order valence-corrected chi connectivity index (χ1v) is 16.8. The lowest BCUT2D eigenvalue weighted by Gasteiger charge is -2.31. The van der Waals surface area contributed by atoms with Gasteiger partial charge in [0.15, 0.2) is 0 Å². The predicted molar refractivity (Wildman–Crippen MR) is 210 cm³/mol. The number of carbonyl (C=O) groups is 3. The lowest BCUT2D eigenvalue weighted by molar-refractivity contribution is -0.139. The molecule has 52 heavy (non-hydrogen) atoms. The van der Waals surface area contributed by atoms with Crippen LogP contribution in [0.2, 0.25) is 0 Å². The van der Waals surface area contributed by atoms with Crippen LogP contribution in [0.25, 0.3) is 0 Å². The van der Waals surface area contributed by atoms with Crippen molar-refractivity contribution in [2.75, 3.05) is 23.0 Å². The fourth-order valence-electron chi connectivity index (χ4n) is 4.45. The van der Waals surface area contributed by atoms with Gasteiger partial charge in [-0.1, -0.05) is 56.1 Å². The van der Waals surface area contributed by atoms with Gasteiger partial charge >= 0.3 is 11.9 Å². The monoisotopic (exact) mass is 726 g/mol. The highest BCUT2D eigenvalue weighted by Crippen LogP contribution is 2.31. The van der Waals surface area contributed by atoms with Gasteiger partial charge < -0.3 is 29.5 Å². The van der Waals surface area contributed by atoms with E-state index in [1.54, 1.807) is 45.0 Å². The van der Waals surface area contributed by atoms with E-state index in [1.165, 1.54) is 0 Å². The van der Waals surface area contributed by atoms with Crippen molar-refractivity contribution in [1.82, 2.24) is 0 Å². The minimum atomic E-state index is -0.465. The van der Waals surface area contributed by atoms with Gasteiger partial charge in [-0.05, 0) is 119 Å². The highest BCUT2D eigenvalue weighted by Gasteiger charge is 2.19. The maximum absolute atomic E-state index is 11.7. The molecule has 0 spiro atoms. The van der Waals surface area contributed by atoms with Crippen molar-refractivity contribution in [2.45, 2.75) is 46.7 Å². The molecule has 0 aliphatic rings. The first-order valence-electron chi connectivity index (χ1n) is 16.4. The van der Waals surface area contributed by atoms with E-state index >= 15 is 0 Å². The molecular weight excluding hydrogens is 680 g/mol. The molecule has 9 nitrogen and oxygen atoms in total. The molecule has 0 saturated heterocycles. The van der Waals surface area contributed by atoms with Crippen LogP contribution in [0.1, 0.15) is 34.6 Å². The Kier molecular flexibility index (Phi) is 17.6. The van der Waals surface area contributed by atoms with Crippen molar-refractivity contribution in [3.63, 3.8) is 0 Å². The Morgan fingerprint density at radius 2 is 1.02 bits per heavy atom. The Hall–Kier alpha value is -5.64. The van der Waals surface area contributed by atoms with Crippen LogP contribution >= 0.6 is 11.6 Å². The van der Waals surface area contributed by atoms with Crippen LogP contribution in [0.4, 0.5) is 22.7 Å². The standard InChI is InChI=1S/C23H25NO4.C15H17NO2.C4H5ClO/c1-16(2)22(25)27-15-18(5)24(19-9-7-6-8-10-19)20-11-13-21(14-12-20)28-23(26)17(3)4;1-12(11-17)16(13-5-3-2-4-6-13)14-7-9-15(18)10-8-14;1-3(2)4(5)6/h6-14,18H,1,3,15H2,2,4-5H3;2-10,12,17-18H,11H2,1H3;1H2,2H3. The van der Waals surface area contributed by atoms with E-state index in [4.69, 9.17) is 21.1 Å². The maximum atomic E-state index is 11.7. The zero-order valence-electron chi connectivity index (χ0n) is 30.3. The topological polar surface area (TPSA) is 117 Å². The number of hydrogen-bond acceptors (Lipinski definition) is 9. The molecular formula is C42H47ClN2O7. The van der Waals surface area contributed by atoms with Gasteiger partial charge in [0.25, 0.3) is 0 Å². The summed E-state index contributed by atoms with van der Waals surface area (Å²) in [6, 6.07) is 33.6. The smallest absolute Gasteiger partial charge is 0.338 e. The molecule has 0 saturated carbocycles. The minimum Gasteiger partial charge on any atom is -0.508 e. The van der Waals surface area contributed by atoms with E-state index in [0.29, 0.717) is 22.5 Å². The van der Waals surface area contributed by atoms with Gasteiger partial charge in [0.2, 0.25) is 5.24 Å². The maximum Gasteiger partial charge on any atom is 0.338 e. The summed E-state index contributed by atoms with van der Waals surface area (Å²) in [6.45, 7) is 19.4. The number of benzene rings is 4. The quantitative estimate of drug-likeness (QED) is 0.0602.